The van der Waals surface area contributed by atoms with Crippen molar-refractivity contribution in [3.8, 4) is 0 Å². The molecule has 1 atom stereocenters. The van der Waals surface area contributed by atoms with Crippen LogP contribution < -0.4 is 4.90 Å². The first-order chi connectivity index (χ1) is 14.5. The first kappa shape index (κ1) is 18.9. The fraction of sp³-hybridized carbons (Fsp3) is 0.0476. The SMILES string of the molecule is O=C1C(=O)N(c2nc3ccc(Cl)cc3s2)C(c2cccs2)/C1=C(\O)c1ccncc1. The summed E-state index contributed by atoms with van der Waals surface area (Å²) in [6.45, 7) is 0. The van der Waals surface area contributed by atoms with Gasteiger partial charge in [0.05, 0.1) is 15.8 Å². The Morgan fingerprint density at radius 1 is 1.13 bits per heavy atom. The van der Waals surface area contributed by atoms with E-state index in [1.165, 1.54) is 40.0 Å². The Balaban J connectivity index is 1.72. The van der Waals surface area contributed by atoms with Crippen molar-refractivity contribution in [3.05, 3.63) is 81.3 Å². The lowest BCUT2D eigenvalue weighted by atomic mass is 10.0. The number of thiophene rings is 1. The standard InChI is InChI=1S/C21H12ClN3O3S2/c22-12-3-4-13-15(10-12)30-21(24-13)25-17(14-2-1-9-29-14)16(19(27)20(25)28)18(26)11-5-7-23-8-6-11/h1-10,17,26H/b18-16+. The van der Waals surface area contributed by atoms with E-state index in [0.717, 1.165) is 9.58 Å². The second kappa shape index (κ2) is 7.32. The van der Waals surface area contributed by atoms with Crippen molar-refractivity contribution in [2.45, 2.75) is 6.04 Å². The molecule has 0 bridgehead atoms. The summed E-state index contributed by atoms with van der Waals surface area (Å²) >= 11 is 8.76. The van der Waals surface area contributed by atoms with E-state index in [2.05, 4.69) is 9.97 Å². The van der Waals surface area contributed by atoms with E-state index in [9.17, 15) is 14.7 Å². The quantitative estimate of drug-likeness (QED) is 0.267. The molecule has 0 saturated carbocycles. The lowest BCUT2D eigenvalue weighted by Crippen LogP contribution is -2.28. The van der Waals surface area contributed by atoms with E-state index in [1.807, 2.05) is 17.5 Å². The highest BCUT2D eigenvalue weighted by molar-refractivity contribution is 7.22. The fourth-order valence-corrected chi connectivity index (χ4v) is 5.49. The molecule has 1 unspecified atom stereocenters. The molecule has 3 aromatic heterocycles. The maximum absolute atomic E-state index is 13.1. The van der Waals surface area contributed by atoms with Crippen LogP contribution in [-0.2, 0) is 9.59 Å². The molecule has 1 fully saturated rings. The van der Waals surface area contributed by atoms with Crippen molar-refractivity contribution >= 4 is 67.1 Å². The first-order valence-electron chi connectivity index (χ1n) is 8.85. The molecular formula is C21H12ClN3O3S2. The van der Waals surface area contributed by atoms with E-state index >= 15 is 0 Å². The van der Waals surface area contributed by atoms with Crippen molar-refractivity contribution in [2.24, 2.45) is 0 Å². The van der Waals surface area contributed by atoms with Crippen LogP contribution in [0.15, 0.2) is 65.8 Å². The number of carbonyl (C=O) groups excluding carboxylic acids is 2. The fourth-order valence-electron chi connectivity index (χ4n) is 3.40. The number of amides is 1. The van der Waals surface area contributed by atoms with Gasteiger partial charge in [-0.1, -0.05) is 29.0 Å². The second-order valence-electron chi connectivity index (χ2n) is 6.53. The summed E-state index contributed by atoms with van der Waals surface area (Å²) in [5.74, 6) is -1.71. The Labute approximate surface area is 183 Å². The highest BCUT2D eigenvalue weighted by atomic mass is 35.5. The minimum atomic E-state index is -0.769. The molecule has 0 radical (unpaired) electrons. The Hall–Kier alpha value is -3.07. The maximum Gasteiger partial charge on any atom is 0.301 e. The van der Waals surface area contributed by atoms with Crippen molar-refractivity contribution < 1.29 is 14.7 Å². The summed E-state index contributed by atoms with van der Waals surface area (Å²) in [6.07, 6.45) is 3.03. The summed E-state index contributed by atoms with van der Waals surface area (Å²) in [6, 6.07) is 11.3. The number of rotatable bonds is 3. The second-order valence-corrected chi connectivity index (χ2v) is 8.95. The van der Waals surface area contributed by atoms with Gasteiger partial charge in [-0.05, 0) is 41.8 Å². The van der Waals surface area contributed by atoms with Crippen molar-refractivity contribution in [3.63, 3.8) is 0 Å². The van der Waals surface area contributed by atoms with Gasteiger partial charge in [-0.2, -0.15) is 0 Å². The van der Waals surface area contributed by atoms with E-state index in [1.54, 1.807) is 30.3 Å². The normalized spacial score (nSPS) is 18.4. The van der Waals surface area contributed by atoms with Gasteiger partial charge >= 0.3 is 5.91 Å². The topological polar surface area (TPSA) is 83.4 Å². The summed E-state index contributed by atoms with van der Waals surface area (Å²) in [5.41, 5.74) is 1.13. The highest BCUT2D eigenvalue weighted by Crippen LogP contribution is 2.45. The maximum atomic E-state index is 13.1. The molecule has 1 aromatic carbocycles. The summed E-state index contributed by atoms with van der Waals surface area (Å²) < 4.78 is 0.804. The molecule has 4 heterocycles. The number of ketones is 1. The number of hydrogen-bond acceptors (Lipinski definition) is 7. The molecule has 148 valence electrons. The molecule has 1 N–H and O–H groups in total. The van der Waals surface area contributed by atoms with Crippen molar-refractivity contribution in [2.75, 3.05) is 4.90 Å². The zero-order valence-electron chi connectivity index (χ0n) is 15.2. The van der Waals surface area contributed by atoms with Crippen molar-refractivity contribution in [1.29, 1.82) is 0 Å². The average molecular weight is 454 g/mol. The molecule has 1 saturated heterocycles. The number of carbonyl (C=O) groups is 2. The molecule has 4 aromatic rings. The van der Waals surface area contributed by atoms with Crippen LogP contribution in [0, 0.1) is 0 Å². The van der Waals surface area contributed by atoms with Crippen LogP contribution in [0.3, 0.4) is 0 Å². The average Bonchev–Trinajstić information content (AvgIpc) is 3.47. The smallest absolute Gasteiger partial charge is 0.301 e. The molecule has 0 aliphatic carbocycles. The van der Waals surface area contributed by atoms with Crippen LogP contribution in [0.4, 0.5) is 5.13 Å². The Bertz CT molecular complexity index is 1320. The molecule has 6 nitrogen and oxygen atoms in total. The molecule has 9 heteroatoms. The first-order valence-corrected chi connectivity index (χ1v) is 10.9. The van der Waals surface area contributed by atoms with Crippen LogP contribution in [0.2, 0.25) is 5.02 Å². The zero-order valence-corrected chi connectivity index (χ0v) is 17.5. The predicted molar refractivity (Wildman–Crippen MR) is 118 cm³/mol. The lowest BCUT2D eigenvalue weighted by molar-refractivity contribution is -0.132. The molecule has 0 spiro atoms. The number of Topliss-reactive ketones (excluding diaryl/α,β-unsaturated/α-hetero) is 1. The third-order valence-electron chi connectivity index (χ3n) is 4.76. The zero-order chi connectivity index (χ0) is 20.8. The highest BCUT2D eigenvalue weighted by Gasteiger charge is 2.48. The van der Waals surface area contributed by atoms with E-state index < -0.39 is 17.7 Å². The van der Waals surface area contributed by atoms with Gasteiger partial charge < -0.3 is 5.11 Å². The van der Waals surface area contributed by atoms with Crippen LogP contribution >= 0.6 is 34.3 Å². The minimum absolute atomic E-state index is 0.0333. The number of halogens is 1. The van der Waals surface area contributed by atoms with Gasteiger partial charge in [0.15, 0.2) is 5.13 Å². The number of nitrogens with zero attached hydrogens (tertiary/aromatic N) is 3. The molecule has 1 amide bonds. The number of benzene rings is 1. The molecular weight excluding hydrogens is 442 g/mol. The van der Waals surface area contributed by atoms with Crippen LogP contribution in [0.25, 0.3) is 16.0 Å². The molecule has 30 heavy (non-hydrogen) atoms. The molecule has 1 aliphatic rings. The van der Waals surface area contributed by atoms with Crippen LogP contribution in [0.5, 0.6) is 0 Å². The summed E-state index contributed by atoms with van der Waals surface area (Å²) in [7, 11) is 0. The van der Waals surface area contributed by atoms with Gasteiger partial charge in [-0.3, -0.25) is 19.5 Å². The molecule has 5 rings (SSSR count). The number of aliphatic hydroxyl groups excluding tert-OH is 1. The summed E-state index contributed by atoms with van der Waals surface area (Å²) in [5, 5.41) is 13.7. The van der Waals surface area contributed by atoms with Gasteiger partial charge in [0.25, 0.3) is 5.78 Å². The Kier molecular flexibility index (Phi) is 4.62. The van der Waals surface area contributed by atoms with Crippen molar-refractivity contribution in [1.82, 2.24) is 9.97 Å². The monoisotopic (exact) mass is 453 g/mol. The Morgan fingerprint density at radius 2 is 1.93 bits per heavy atom. The third-order valence-corrected chi connectivity index (χ3v) is 6.93. The van der Waals surface area contributed by atoms with Gasteiger partial charge in [0.2, 0.25) is 0 Å². The van der Waals surface area contributed by atoms with Gasteiger partial charge in [0, 0.05) is 27.9 Å². The van der Waals surface area contributed by atoms with Gasteiger partial charge in [0.1, 0.15) is 11.8 Å². The van der Waals surface area contributed by atoms with Crippen LogP contribution in [-0.4, -0.2) is 26.8 Å². The van der Waals surface area contributed by atoms with Crippen LogP contribution in [0.1, 0.15) is 16.5 Å². The number of pyridine rings is 1. The number of aliphatic hydroxyl groups is 1. The third kappa shape index (κ3) is 3.00. The van der Waals surface area contributed by atoms with Gasteiger partial charge in [-0.15, -0.1) is 11.3 Å². The predicted octanol–water partition coefficient (Wildman–Crippen LogP) is 5.03. The number of aromatic nitrogens is 2. The number of anilines is 1. The minimum Gasteiger partial charge on any atom is -0.507 e. The van der Waals surface area contributed by atoms with E-state index in [0.29, 0.717) is 21.2 Å². The van der Waals surface area contributed by atoms with E-state index in [4.69, 9.17) is 11.6 Å². The number of thiazole rings is 1. The largest absolute Gasteiger partial charge is 0.507 e. The number of hydrogen-bond donors (Lipinski definition) is 1. The number of fused-ring (bicyclic) bond motifs is 1. The molecule has 1 aliphatic heterocycles. The van der Waals surface area contributed by atoms with E-state index in [-0.39, 0.29) is 11.3 Å². The Morgan fingerprint density at radius 3 is 2.67 bits per heavy atom. The van der Waals surface area contributed by atoms with Gasteiger partial charge in [-0.25, -0.2) is 4.98 Å². The lowest BCUT2D eigenvalue weighted by Gasteiger charge is -2.21. The summed E-state index contributed by atoms with van der Waals surface area (Å²) in [4.78, 5) is 36.7.